The molecule has 0 fully saturated rings. The van der Waals surface area contributed by atoms with Gasteiger partial charge in [-0.25, -0.2) is 23.3 Å². The topological polar surface area (TPSA) is 0 Å². The molecule has 0 atom stereocenters. The van der Waals surface area contributed by atoms with Gasteiger partial charge in [0.05, 0.1) is 0 Å². The Morgan fingerprint density at radius 2 is 1.00 bits per heavy atom. The molecule has 0 amide bonds. The van der Waals surface area contributed by atoms with Gasteiger partial charge >= 0.3 is 26.2 Å². The summed E-state index contributed by atoms with van der Waals surface area (Å²) < 4.78 is 0. The van der Waals surface area contributed by atoms with Crippen LogP contribution in [0, 0.1) is 23.0 Å². The number of hydrogen-bond acceptors (Lipinski definition) is 0. The summed E-state index contributed by atoms with van der Waals surface area (Å²) in [6.07, 6.45) is 13.2. The Hall–Kier alpha value is -0.157. The third kappa shape index (κ3) is 7.09. The van der Waals surface area contributed by atoms with E-state index in [-0.39, 0.29) is 26.2 Å². The normalized spacial score (nSPS) is 17.9. The molecule has 0 bridgehead atoms. The van der Waals surface area contributed by atoms with E-state index in [9.17, 15) is 0 Å². The van der Waals surface area contributed by atoms with Crippen LogP contribution in [-0.4, -0.2) is 0 Å². The third-order valence-corrected chi connectivity index (χ3v) is 3.82. The average Bonchev–Trinajstić information content (AvgIpc) is 2.85. The van der Waals surface area contributed by atoms with E-state index in [2.05, 4.69) is 79.7 Å². The maximum absolute atomic E-state index is 3.30. The molecule has 1 heteroatoms. The van der Waals surface area contributed by atoms with E-state index in [1.807, 2.05) is 0 Å². The third-order valence-electron chi connectivity index (χ3n) is 3.82. The predicted molar refractivity (Wildman–Crippen MR) is 89.2 cm³/mol. The van der Waals surface area contributed by atoms with Gasteiger partial charge in [-0.3, -0.25) is 12.2 Å². The summed E-state index contributed by atoms with van der Waals surface area (Å²) in [6, 6.07) is 0. The van der Waals surface area contributed by atoms with Crippen molar-refractivity contribution in [2.24, 2.45) is 10.8 Å². The molecule has 2 aliphatic rings. The molecule has 0 aromatic rings. The fraction of sp³-hybridized carbons (Fsp3) is 0.600. The Kier molecular flexibility index (Phi) is 7.85. The Bertz CT molecular complexity index is 425. The monoisotopic (exact) mass is 360 g/mol. The van der Waals surface area contributed by atoms with Crippen molar-refractivity contribution >= 4 is 0 Å². The van der Waals surface area contributed by atoms with Crippen LogP contribution in [0.15, 0.2) is 34.4 Å². The van der Waals surface area contributed by atoms with Crippen molar-refractivity contribution in [2.75, 3.05) is 0 Å². The maximum Gasteiger partial charge on any atom is 2.00 e. The summed E-state index contributed by atoms with van der Waals surface area (Å²) in [4.78, 5) is 0. The van der Waals surface area contributed by atoms with Gasteiger partial charge in [0.1, 0.15) is 0 Å². The Labute approximate surface area is 151 Å². The van der Waals surface area contributed by atoms with E-state index in [1.54, 1.807) is 0 Å². The molecule has 0 radical (unpaired) electrons. The van der Waals surface area contributed by atoms with E-state index in [0.29, 0.717) is 10.8 Å². The molecule has 0 saturated heterocycles. The van der Waals surface area contributed by atoms with Crippen LogP contribution in [-0.2, 0) is 26.2 Å². The minimum Gasteiger partial charge on any atom is -0.269 e. The van der Waals surface area contributed by atoms with Crippen LogP contribution < -0.4 is 0 Å². The van der Waals surface area contributed by atoms with E-state index < -0.39 is 0 Å². The first kappa shape index (κ1) is 20.8. The van der Waals surface area contributed by atoms with Crippen LogP contribution >= 0.6 is 0 Å². The van der Waals surface area contributed by atoms with Gasteiger partial charge in [0.15, 0.2) is 0 Å². The van der Waals surface area contributed by atoms with Crippen LogP contribution in [0.5, 0.6) is 0 Å². The van der Waals surface area contributed by atoms with Crippen molar-refractivity contribution in [2.45, 2.75) is 68.2 Å². The molecule has 0 nitrogen and oxygen atoms in total. The minimum atomic E-state index is 0. The number of hydrogen-bond donors (Lipinski definition) is 0. The quantitative estimate of drug-likeness (QED) is 0.449. The zero-order valence-electron chi connectivity index (χ0n) is 15.1. The van der Waals surface area contributed by atoms with Crippen LogP contribution in [0.4, 0.5) is 0 Å². The van der Waals surface area contributed by atoms with Gasteiger partial charge in [0.2, 0.25) is 0 Å². The smallest absolute Gasteiger partial charge is 0.269 e. The standard InChI is InChI=1S/2C10H15.Zr/c2*1-8-5-6-9(7-8)10(2,3)4;/h2*7H,6H2,1-4H3;/q2*-1;+2. The van der Waals surface area contributed by atoms with Gasteiger partial charge < -0.3 is 0 Å². The van der Waals surface area contributed by atoms with Crippen molar-refractivity contribution in [3.8, 4) is 0 Å². The second kappa shape index (κ2) is 7.91. The Balaban J connectivity index is 0.000000364. The van der Waals surface area contributed by atoms with Gasteiger partial charge in [0, 0.05) is 0 Å². The molecule has 0 spiro atoms. The molecular formula is C20H30Zr. The first-order valence-electron chi connectivity index (χ1n) is 7.57. The summed E-state index contributed by atoms with van der Waals surface area (Å²) in [7, 11) is 0. The molecule has 114 valence electrons. The fourth-order valence-electron chi connectivity index (χ4n) is 2.16. The molecule has 0 saturated carbocycles. The van der Waals surface area contributed by atoms with E-state index in [1.165, 1.54) is 22.3 Å². The Morgan fingerprint density at radius 1 is 0.714 bits per heavy atom. The van der Waals surface area contributed by atoms with Crippen molar-refractivity contribution in [1.82, 2.24) is 0 Å². The van der Waals surface area contributed by atoms with Gasteiger partial charge in [-0.15, -0.1) is 12.8 Å². The average molecular weight is 362 g/mol. The van der Waals surface area contributed by atoms with Crippen molar-refractivity contribution < 1.29 is 26.2 Å². The molecular weight excluding hydrogens is 331 g/mol. The van der Waals surface area contributed by atoms with Crippen molar-refractivity contribution in [3.05, 3.63) is 46.6 Å². The molecule has 0 N–H and O–H groups in total. The summed E-state index contributed by atoms with van der Waals surface area (Å²) in [6.45, 7) is 17.7. The van der Waals surface area contributed by atoms with Gasteiger partial charge in [-0.05, 0) is 10.8 Å². The summed E-state index contributed by atoms with van der Waals surface area (Å²) in [5.41, 5.74) is 6.28. The van der Waals surface area contributed by atoms with E-state index in [4.69, 9.17) is 0 Å². The van der Waals surface area contributed by atoms with Gasteiger partial charge in [-0.2, -0.15) is 11.1 Å². The van der Waals surface area contributed by atoms with Crippen LogP contribution in [0.3, 0.4) is 0 Å². The van der Waals surface area contributed by atoms with Crippen LogP contribution in [0.25, 0.3) is 0 Å². The van der Waals surface area contributed by atoms with Crippen LogP contribution in [0.1, 0.15) is 68.2 Å². The molecule has 0 aliphatic heterocycles. The van der Waals surface area contributed by atoms with E-state index >= 15 is 0 Å². The molecule has 0 aromatic heterocycles. The van der Waals surface area contributed by atoms with Crippen molar-refractivity contribution in [3.63, 3.8) is 0 Å². The van der Waals surface area contributed by atoms with Gasteiger partial charge in [-0.1, -0.05) is 55.4 Å². The van der Waals surface area contributed by atoms with Gasteiger partial charge in [0.25, 0.3) is 0 Å². The SMILES string of the molecule is CC1=[C-]CC(C(C)(C)C)=C1.CC1=[C-]CC(C(C)(C)C)=C1.[Zr+2]. The molecule has 21 heavy (non-hydrogen) atoms. The molecule has 2 aliphatic carbocycles. The molecule has 0 aromatic carbocycles. The zero-order chi connectivity index (χ0) is 15.6. The van der Waals surface area contributed by atoms with E-state index in [0.717, 1.165) is 12.8 Å². The predicted octanol–water partition coefficient (Wildman–Crippen LogP) is 6.22. The first-order chi connectivity index (χ1) is 9.00. The van der Waals surface area contributed by atoms with Crippen molar-refractivity contribution in [1.29, 1.82) is 0 Å². The number of allylic oxidation sites excluding steroid dienone is 8. The Morgan fingerprint density at radius 3 is 1.10 bits per heavy atom. The zero-order valence-corrected chi connectivity index (χ0v) is 17.5. The summed E-state index contributed by atoms with van der Waals surface area (Å²) in [5, 5.41) is 0. The second-order valence-electron chi connectivity index (χ2n) is 7.91. The largest absolute Gasteiger partial charge is 2.00 e. The summed E-state index contributed by atoms with van der Waals surface area (Å²) in [5.74, 6) is 0. The molecule has 0 unspecified atom stereocenters. The maximum atomic E-state index is 3.30. The first-order valence-corrected chi connectivity index (χ1v) is 7.57. The van der Waals surface area contributed by atoms with Crippen LogP contribution in [0.2, 0.25) is 0 Å². The summed E-state index contributed by atoms with van der Waals surface area (Å²) >= 11 is 0. The molecule has 0 heterocycles. The molecule has 2 rings (SSSR count). The second-order valence-corrected chi connectivity index (χ2v) is 7.91. The number of rotatable bonds is 0. The fourth-order valence-corrected chi connectivity index (χ4v) is 2.16. The minimum absolute atomic E-state index is 0.